The number of thioether (sulfide) groups is 1. The summed E-state index contributed by atoms with van der Waals surface area (Å²) in [5.74, 6) is -0.979. The molecule has 23 nitrogen and oxygen atoms in total. The van der Waals surface area contributed by atoms with E-state index < -0.39 is 79.7 Å². The van der Waals surface area contributed by atoms with Crippen LogP contribution >= 0.6 is 23.1 Å². The Morgan fingerprint density at radius 3 is 1.93 bits per heavy atom. The number of carboxylic acids is 1. The Hall–Kier alpha value is -8.60. The third-order valence-corrected chi connectivity index (χ3v) is 18.7. The second-order valence-electron chi connectivity index (χ2n) is 22.5. The van der Waals surface area contributed by atoms with Gasteiger partial charge in [-0.05, 0) is 137 Å². The fourth-order valence-electron chi connectivity index (χ4n) is 9.16. The van der Waals surface area contributed by atoms with Gasteiger partial charge in [-0.15, -0.1) is 16.4 Å². The number of aromatic nitrogens is 4. The van der Waals surface area contributed by atoms with E-state index in [2.05, 4.69) is 20.0 Å². The summed E-state index contributed by atoms with van der Waals surface area (Å²) in [4.78, 5) is 60.3. The number of hydrogen-bond donors (Lipinski definition) is 2. The van der Waals surface area contributed by atoms with Crippen LogP contribution < -0.4 is 23.7 Å². The summed E-state index contributed by atoms with van der Waals surface area (Å²) in [5, 5.41) is 19.2. The van der Waals surface area contributed by atoms with Crippen LogP contribution in [0.5, 0.6) is 23.0 Å². The molecule has 2 aromatic heterocycles. The van der Waals surface area contributed by atoms with Crippen LogP contribution in [-0.2, 0) is 66.0 Å². The van der Waals surface area contributed by atoms with Crippen molar-refractivity contribution in [2.24, 2.45) is 0 Å². The van der Waals surface area contributed by atoms with Crippen LogP contribution in [0.2, 0.25) is 0 Å². The maximum Gasteiger partial charge on any atom is 0.508 e. The highest BCUT2D eigenvalue weighted by Gasteiger charge is 2.44. The van der Waals surface area contributed by atoms with Crippen LogP contribution in [0.1, 0.15) is 87.5 Å². The number of aliphatic carboxylic acids is 1. The van der Waals surface area contributed by atoms with Crippen LogP contribution in [0.15, 0.2) is 161 Å². The Morgan fingerprint density at radius 1 is 0.703 bits per heavy atom. The van der Waals surface area contributed by atoms with Crippen molar-refractivity contribution in [2.75, 3.05) is 39.8 Å². The number of amides is 2. The molecule has 2 unspecified atom stereocenters. The number of ether oxygens (including phenoxy) is 7. The summed E-state index contributed by atoms with van der Waals surface area (Å²) < 4.78 is 104. The number of imide groups is 1. The van der Waals surface area contributed by atoms with E-state index in [1.165, 1.54) is 18.3 Å². The lowest BCUT2D eigenvalue weighted by Crippen LogP contribution is -2.54. The van der Waals surface area contributed by atoms with Gasteiger partial charge in [0.2, 0.25) is 4.34 Å². The molecule has 0 aliphatic carbocycles. The number of nitrogens with zero attached hydrogens (tertiary/aromatic N) is 5. The van der Waals surface area contributed by atoms with Crippen molar-refractivity contribution in [1.29, 1.82) is 0 Å². The lowest BCUT2D eigenvalue weighted by Gasteiger charge is -2.36. The quantitative estimate of drug-likeness (QED) is 0.0199. The summed E-state index contributed by atoms with van der Waals surface area (Å²) in [6.45, 7) is 10.3. The average Bonchev–Trinajstić information content (AvgIpc) is 1.52. The van der Waals surface area contributed by atoms with E-state index in [0.29, 0.717) is 54.6 Å². The predicted molar refractivity (Wildman–Crippen MR) is 339 cm³/mol. The molecule has 0 radical (unpaired) electrons. The number of methoxy groups -OCH3 is 2. The van der Waals surface area contributed by atoms with E-state index in [0.717, 1.165) is 33.3 Å². The summed E-state index contributed by atoms with van der Waals surface area (Å²) in [5.41, 5.74) is 0.265. The highest BCUT2D eigenvalue weighted by molar-refractivity contribution is 7.98. The molecule has 2 heterocycles. The molecular weight excluding hydrogens is 1250 g/mol. The zero-order valence-corrected chi connectivity index (χ0v) is 54.7. The van der Waals surface area contributed by atoms with Crippen molar-refractivity contribution in [3.8, 4) is 23.0 Å². The zero-order chi connectivity index (χ0) is 65.7. The summed E-state index contributed by atoms with van der Waals surface area (Å²) in [7, 11) is -5.37. The molecule has 482 valence electrons. The van der Waals surface area contributed by atoms with Gasteiger partial charge in [-0.2, -0.15) is 24.9 Å². The standard InChI is InChI=1S/C64H70N6O17S4/c1-42-18-29-52(30-19-42)91(78,79)85-35-34-82-50-17-13-14-43(36-50)40-88-41-55(58(72)73)70(60(74)86-62(2,3)4)57(71)54(32-33-83-61(75)87-63(5,6)7)69-38-47(66-68-69)39-84-51-28-31-53-56(37-51)89-59(65-53)90(76,77)67-64(44-15-11-10-12-16-44,45-20-24-48(80-8)25-21-45)46-22-26-49(81-9)27-23-46/h10-31,36-38,54-55,67H,32-35,39-41H2,1-9H3,(H,72,73). The smallest absolute Gasteiger partial charge is 0.497 e. The number of thiazole rings is 1. The maximum absolute atomic E-state index is 15.0. The topological polar surface area (TPSA) is 289 Å². The van der Waals surface area contributed by atoms with E-state index in [9.17, 15) is 36.3 Å². The predicted octanol–water partition coefficient (Wildman–Crippen LogP) is 10.9. The number of fused-ring (bicyclic) bond motifs is 1. The summed E-state index contributed by atoms with van der Waals surface area (Å²) >= 11 is 2.00. The van der Waals surface area contributed by atoms with Gasteiger partial charge in [0.15, 0.2) is 0 Å². The van der Waals surface area contributed by atoms with Gasteiger partial charge in [0, 0.05) is 17.9 Å². The van der Waals surface area contributed by atoms with Gasteiger partial charge in [0.25, 0.3) is 26.0 Å². The molecule has 0 bridgehead atoms. The third-order valence-electron chi connectivity index (χ3n) is 13.4. The number of benzene rings is 6. The van der Waals surface area contributed by atoms with E-state index in [-0.39, 0.29) is 58.4 Å². The minimum absolute atomic E-state index is 0.00880. The van der Waals surface area contributed by atoms with Crippen LogP contribution in [-0.4, -0.2) is 128 Å². The molecule has 0 spiro atoms. The molecule has 0 saturated carbocycles. The molecule has 2 atom stereocenters. The molecule has 0 aliphatic rings. The number of carbonyl (C=O) groups is 4. The van der Waals surface area contributed by atoms with Gasteiger partial charge in [0.1, 0.15) is 77.3 Å². The van der Waals surface area contributed by atoms with Crippen molar-refractivity contribution in [2.45, 2.75) is 105 Å². The number of rotatable bonds is 28. The van der Waals surface area contributed by atoms with Gasteiger partial charge in [0.05, 0.1) is 42.1 Å². The number of carbonyl (C=O) groups excluding carboxylic acids is 3. The molecule has 91 heavy (non-hydrogen) atoms. The first-order valence-electron chi connectivity index (χ1n) is 28.4. The Labute approximate surface area is 536 Å². The van der Waals surface area contributed by atoms with E-state index in [1.807, 2.05) is 37.3 Å². The van der Waals surface area contributed by atoms with Gasteiger partial charge in [-0.3, -0.25) is 8.98 Å². The molecule has 0 saturated heterocycles. The first kappa shape index (κ1) is 68.3. The second kappa shape index (κ2) is 29.6. The normalized spacial score (nSPS) is 12.8. The number of hydrogen-bond acceptors (Lipinski definition) is 21. The molecule has 0 fully saturated rings. The number of carboxylic acid groups (broad SMARTS) is 1. The summed E-state index contributed by atoms with van der Waals surface area (Å²) in [6, 6.07) is 37.8. The van der Waals surface area contributed by atoms with Crippen molar-refractivity contribution in [3.05, 3.63) is 185 Å². The SMILES string of the molecule is COc1ccc(C(NS(=O)(=O)c2nc3ccc(OCc4cn(C(CCOC(=O)OC(C)(C)C)C(=O)N(C(=O)OC(C)(C)C)C(CSCc5cccc(OCCOS(=O)(=O)c6ccc(C)cc6)c5)C(=O)O)nn4)cc3s2)(c2ccccc2)c2ccc(OC)cc2)cc1. The highest BCUT2D eigenvalue weighted by Crippen LogP contribution is 2.41. The van der Waals surface area contributed by atoms with E-state index >= 15 is 4.79 Å². The fraction of sp³-hybridized carbons (Fsp3) is 0.328. The molecule has 2 amide bonds. The van der Waals surface area contributed by atoms with Crippen molar-refractivity contribution in [3.63, 3.8) is 0 Å². The highest BCUT2D eigenvalue weighted by atomic mass is 32.2. The minimum Gasteiger partial charge on any atom is -0.497 e. The van der Waals surface area contributed by atoms with Gasteiger partial charge in [-0.1, -0.05) is 89.6 Å². The maximum atomic E-state index is 15.0. The molecule has 8 rings (SSSR count). The van der Waals surface area contributed by atoms with Crippen LogP contribution in [0.3, 0.4) is 0 Å². The van der Waals surface area contributed by atoms with Crippen LogP contribution in [0.25, 0.3) is 10.2 Å². The van der Waals surface area contributed by atoms with E-state index in [1.54, 1.807) is 159 Å². The van der Waals surface area contributed by atoms with Crippen LogP contribution in [0, 0.1) is 6.92 Å². The zero-order valence-electron chi connectivity index (χ0n) is 51.4. The number of sulfonamides is 1. The number of nitrogens with one attached hydrogen (secondary N) is 1. The lowest BCUT2D eigenvalue weighted by atomic mass is 9.78. The second-order valence-corrected chi connectivity index (χ2v) is 28.1. The Bertz CT molecular complexity index is 3990. The van der Waals surface area contributed by atoms with Gasteiger partial charge >= 0.3 is 18.2 Å². The van der Waals surface area contributed by atoms with Crippen molar-refractivity contribution < 1.29 is 78.5 Å². The fourth-order valence-corrected chi connectivity index (χ4v) is 13.7. The molecule has 2 N–H and O–H groups in total. The van der Waals surface area contributed by atoms with Gasteiger partial charge < -0.3 is 38.3 Å². The molecular formula is C64H70N6O17S4. The first-order valence-corrected chi connectivity index (χ1v) is 33.3. The average molecular weight is 1320 g/mol. The molecule has 6 aromatic carbocycles. The van der Waals surface area contributed by atoms with Gasteiger partial charge in [-0.25, -0.2) is 37.4 Å². The summed E-state index contributed by atoms with van der Waals surface area (Å²) in [6.07, 6.45) is -1.33. The largest absolute Gasteiger partial charge is 0.508 e. The first-order chi connectivity index (χ1) is 43.2. The Morgan fingerprint density at radius 2 is 1.32 bits per heavy atom. The van der Waals surface area contributed by atoms with Crippen molar-refractivity contribution >= 4 is 77.6 Å². The molecule has 0 aliphatic heterocycles. The third kappa shape index (κ3) is 18.1. The lowest BCUT2D eigenvalue weighted by molar-refractivity contribution is -0.150. The molecule has 27 heteroatoms. The van der Waals surface area contributed by atoms with E-state index in [4.69, 9.17) is 37.3 Å². The Balaban J connectivity index is 1.00. The van der Waals surface area contributed by atoms with Crippen molar-refractivity contribution in [1.82, 2.24) is 29.6 Å². The molecule has 8 aromatic rings. The number of aryl methyl sites for hydroxylation is 1. The monoisotopic (exact) mass is 1320 g/mol. The Kier molecular flexibility index (Phi) is 22.2. The minimum atomic E-state index is -4.43. The van der Waals surface area contributed by atoms with Crippen LogP contribution in [0.4, 0.5) is 9.59 Å².